The average Bonchev–Trinajstić information content (AvgIpc) is 3.24. The molecule has 0 amide bonds. The molecular formula is C22H19N3OS. The molecular weight excluding hydrogens is 354 g/mol. The molecule has 4 nitrogen and oxygen atoms in total. The SMILES string of the molecule is N#CC(=Cc1ccc(N2CCOCC2)cc1)c1nc(-c2ccccc2)cs1. The number of morpholine rings is 1. The van der Waals surface area contributed by atoms with Crippen LogP contribution < -0.4 is 4.90 Å². The van der Waals surface area contributed by atoms with Crippen LogP contribution in [0.15, 0.2) is 60.0 Å². The van der Waals surface area contributed by atoms with Crippen LogP contribution in [-0.2, 0) is 4.74 Å². The fourth-order valence-electron chi connectivity index (χ4n) is 3.05. The van der Waals surface area contributed by atoms with Crippen LogP contribution in [0.1, 0.15) is 10.6 Å². The first-order chi connectivity index (χ1) is 13.3. The molecule has 0 spiro atoms. The summed E-state index contributed by atoms with van der Waals surface area (Å²) in [5.41, 5.74) is 4.74. The first kappa shape index (κ1) is 17.5. The molecule has 0 N–H and O–H groups in total. The second-order valence-electron chi connectivity index (χ2n) is 6.26. The minimum atomic E-state index is 0.585. The van der Waals surface area contributed by atoms with E-state index in [4.69, 9.17) is 4.74 Å². The number of rotatable bonds is 4. The second kappa shape index (κ2) is 8.17. The number of nitrogens with zero attached hydrogens (tertiary/aromatic N) is 3. The van der Waals surface area contributed by atoms with Gasteiger partial charge in [0.25, 0.3) is 0 Å². The lowest BCUT2D eigenvalue weighted by Gasteiger charge is -2.28. The van der Waals surface area contributed by atoms with Crippen LogP contribution in [0.2, 0.25) is 0 Å². The number of allylic oxidation sites excluding steroid dienone is 1. The van der Waals surface area contributed by atoms with Crippen LogP contribution in [0, 0.1) is 11.3 Å². The van der Waals surface area contributed by atoms with Gasteiger partial charge in [-0.25, -0.2) is 4.98 Å². The Labute approximate surface area is 163 Å². The molecule has 134 valence electrons. The van der Waals surface area contributed by atoms with Crippen molar-refractivity contribution in [2.75, 3.05) is 31.2 Å². The summed E-state index contributed by atoms with van der Waals surface area (Å²) in [6, 6.07) is 20.6. The molecule has 0 saturated carbocycles. The molecule has 1 aromatic heterocycles. The fourth-order valence-corrected chi connectivity index (χ4v) is 3.85. The Hall–Kier alpha value is -2.94. The van der Waals surface area contributed by atoms with Crippen LogP contribution >= 0.6 is 11.3 Å². The Bertz CT molecular complexity index is 965. The summed E-state index contributed by atoms with van der Waals surface area (Å²) in [4.78, 5) is 6.96. The van der Waals surface area contributed by atoms with Gasteiger partial charge in [-0.3, -0.25) is 0 Å². The van der Waals surface area contributed by atoms with Crippen molar-refractivity contribution in [2.45, 2.75) is 0 Å². The summed E-state index contributed by atoms with van der Waals surface area (Å²) in [5.74, 6) is 0. The quantitative estimate of drug-likeness (QED) is 0.622. The van der Waals surface area contributed by atoms with E-state index in [2.05, 4.69) is 28.1 Å². The van der Waals surface area contributed by atoms with Crippen LogP contribution in [0.5, 0.6) is 0 Å². The monoisotopic (exact) mass is 373 g/mol. The standard InChI is InChI=1S/C22H19N3OS/c23-15-19(22-24-21(16-27-22)18-4-2-1-3-5-18)14-17-6-8-20(9-7-17)25-10-12-26-13-11-25/h1-9,14,16H,10-13H2. The molecule has 1 fully saturated rings. The zero-order chi connectivity index (χ0) is 18.5. The van der Waals surface area contributed by atoms with Gasteiger partial charge in [0, 0.05) is 29.7 Å². The van der Waals surface area contributed by atoms with E-state index in [0.717, 1.165) is 48.1 Å². The lowest BCUT2D eigenvalue weighted by Crippen LogP contribution is -2.36. The number of thiazole rings is 1. The second-order valence-corrected chi connectivity index (χ2v) is 7.12. The average molecular weight is 373 g/mol. The van der Waals surface area contributed by atoms with E-state index < -0.39 is 0 Å². The summed E-state index contributed by atoms with van der Waals surface area (Å²) in [6.45, 7) is 3.38. The van der Waals surface area contributed by atoms with Gasteiger partial charge < -0.3 is 9.64 Å². The number of benzene rings is 2. The summed E-state index contributed by atoms with van der Waals surface area (Å²) in [7, 11) is 0. The van der Waals surface area contributed by atoms with E-state index in [-0.39, 0.29) is 0 Å². The number of anilines is 1. The molecule has 2 heterocycles. The molecule has 0 atom stereocenters. The van der Waals surface area contributed by atoms with E-state index in [1.165, 1.54) is 17.0 Å². The maximum absolute atomic E-state index is 9.61. The fraction of sp³-hybridized carbons (Fsp3) is 0.182. The highest BCUT2D eigenvalue weighted by Gasteiger charge is 2.12. The van der Waals surface area contributed by atoms with Gasteiger partial charge in [-0.1, -0.05) is 42.5 Å². The highest BCUT2D eigenvalue weighted by atomic mass is 32.1. The van der Waals surface area contributed by atoms with Gasteiger partial charge in [-0.15, -0.1) is 11.3 Å². The number of hydrogen-bond acceptors (Lipinski definition) is 5. The molecule has 1 saturated heterocycles. The van der Waals surface area contributed by atoms with Gasteiger partial charge in [0.05, 0.1) is 24.5 Å². The Kier molecular flexibility index (Phi) is 5.29. The topological polar surface area (TPSA) is 49.2 Å². The lowest BCUT2D eigenvalue weighted by molar-refractivity contribution is 0.122. The molecule has 0 bridgehead atoms. The molecule has 1 aliphatic heterocycles. The predicted octanol–water partition coefficient (Wildman–Crippen LogP) is 4.71. The largest absolute Gasteiger partial charge is 0.378 e. The van der Waals surface area contributed by atoms with Crippen molar-refractivity contribution in [3.63, 3.8) is 0 Å². The molecule has 3 aromatic rings. The van der Waals surface area contributed by atoms with Crippen LogP contribution in [0.4, 0.5) is 5.69 Å². The Morgan fingerprint density at radius 2 is 1.81 bits per heavy atom. The summed E-state index contributed by atoms with van der Waals surface area (Å²) >= 11 is 1.50. The van der Waals surface area contributed by atoms with Gasteiger partial charge in [0.2, 0.25) is 0 Å². The molecule has 27 heavy (non-hydrogen) atoms. The summed E-state index contributed by atoms with van der Waals surface area (Å²) < 4.78 is 5.40. The smallest absolute Gasteiger partial charge is 0.134 e. The summed E-state index contributed by atoms with van der Waals surface area (Å²) in [6.07, 6.45) is 1.90. The third-order valence-electron chi connectivity index (χ3n) is 4.50. The minimum absolute atomic E-state index is 0.585. The Balaban J connectivity index is 1.55. The maximum atomic E-state index is 9.61. The maximum Gasteiger partial charge on any atom is 0.134 e. The molecule has 1 aliphatic rings. The zero-order valence-corrected chi connectivity index (χ0v) is 15.7. The van der Waals surface area contributed by atoms with Gasteiger partial charge >= 0.3 is 0 Å². The van der Waals surface area contributed by atoms with Crippen molar-refractivity contribution >= 4 is 28.7 Å². The number of nitriles is 1. The zero-order valence-electron chi connectivity index (χ0n) is 14.8. The highest BCUT2D eigenvalue weighted by Crippen LogP contribution is 2.27. The Morgan fingerprint density at radius 3 is 2.52 bits per heavy atom. The van der Waals surface area contributed by atoms with Gasteiger partial charge in [0.1, 0.15) is 11.1 Å². The van der Waals surface area contributed by atoms with Crippen LogP contribution in [0.3, 0.4) is 0 Å². The Morgan fingerprint density at radius 1 is 1.07 bits per heavy atom. The summed E-state index contributed by atoms with van der Waals surface area (Å²) in [5, 5.41) is 12.3. The molecule has 0 unspecified atom stereocenters. The van der Waals surface area contributed by atoms with Crippen molar-refractivity contribution in [3.05, 3.63) is 70.5 Å². The van der Waals surface area contributed by atoms with E-state index >= 15 is 0 Å². The molecule has 2 aromatic carbocycles. The minimum Gasteiger partial charge on any atom is -0.378 e. The van der Waals surface area contributed by atoms with Gasteiger partial charge in [-0.05, 0) is 23.8 Å². The van der Waals surface area contributed by atoms with Crippen molar-refractivity contribution < 1.29 is 4.74 Å². The molecule has 0 radical (unpaired) electrons. The van der Waals surface area contributed by atoms with E-state index in [0.29, 0.717) is 5.57 Å². The highest BCUT2D eigenvalue weighted by molar-refractivity contribution is 7.11. The first-order valence-corrected chi connectivity index (χ1v) is 9.77. The predicted molar refractivity (Wildman–Crippen MR) is 111 cm³/mol. The van der Waals surface area contributed by atoms with Crippen molar-refractivity contribution in [2.24, 2.45) is 0 Å². The third-order valence-corrected chi connectivity index (χ3v) is 5.38. The first-order valence-electron chi connectivity index (χ1n) is 8.89. The number of hydrogen-bond donors (Lipinski definition) is 0. The van der Waals surface area contributed by atoms with Crippen LogP contribution in [-0.4, -0.2) is 31.3 Å². The van der Waals surface area contributed by atoms with Crippen molar-refractivity contribution in [1.29, 1.82) is 5.26 Å². The molecule has 0 aliphatic carbocycles. The normalized spacial score (nSPS) is 14.8. The van der Waals surface area contributed by atoms with Crippen LogP contribution in [0.25, 0.3) is 22.9 Å². The third kappa shape index (κ3) is 4.08. The molecule has 5 heteroatoms. The van der Waals surface area contributed by atoms with E-state index in [1.807, 2.05) is 53.9 Å². The van der Waals surface area contributed by atoms with Crippen molar-refractivity contribution in [3.8, 4) is 17.3 Å². The number of ether oxygens (including phenoxy) is 1. The van der Waals surface area contributed by atoms with E-state index in [9.17, 15) is 5.26 Å². The lowest BCUT2D eigenvalue weighted by atomic mass is 10.1. The van der Waals surface area contributed by atoms with Gasteiger partial charge in [-0.2, -0.15) is 5.26 Å². The van der Waals surface area contributed by atoms with E-state index in [1.54, 1.807) is 0 Å². The van der Waals surface area contributed by atoms with Gasteiger partial charge in [0.15, 0.2) is 0 Å². The van der Waals surface area contributed by atoms with Crippen molar-refractivity contribution in [1.82, 2.24) is 4.98 Å². The molecule has 4 rings (SSSR count). The number of aromatic nitrogens is 1.